The normalized spacial score (nSPS) is 13.2. The second-order valence-electron chi connectivity index (χ2n) is 12.6. The van der Waals surface area contributed by atoms with Gasteiger partial charge in [0.25, 0.3) is 0 Å². The molecule has 10 aromatic carbocycles. The quantitative estimate of drug-likeness (QED) is 0.100. The topological polar surface area (TPSA) is 0 Å². The molecule has 0 N–H and O–H groups in total. The van der Waals surface area contributed by atoms with Gasteiger partial charge >= 0.3 is 12.4 Å². The standard InChI is InChI=1S/C42H20F6/c43-41(44,45)23-17-13-21(14-18-23)33-29-9-1-5-25-26-6-2-11-31-34(22-15-19-24(20-16-22)42(46,47)48)32-12-4-8-28-27-7-3-10-30(33)37(27)39(35(25)29)40(36(26)31)38(28)32/h1-20H. The van der Waals surface area contributed by atoms with Gasteiger partial charge < -0.3 is 0 Å². The van der Waals surface area contributed by atoms with E-state index in [2.05, 4.69) is 24.3 Å². The van der Waals surface area contributed by atoms with Crippen molar-refractivity contribution < 1.29 is 26.3 Å². The van der Waals surface area contributed by atoms with Crippen LogP contribution in [0.2, 0.25) is 0 Å². The molecule has 0 aromatic heterocycles. The summed E-state index contributed by atoms with van der Waals surface area (Å²) in [4.78, 5) is 0. The Hall–Kier alpha value is -5.62. The highest BCUT2D eigenvalue weighted by Crippen LogP contribution is 2.55. The average molecular weight is 639 g/mol. The minimum Gasteiger partial charge on any atom is -0.166 e. The summed E-state index contributed by atoms with van der Waals surface area (Å²) in [7, 11) is 0. The lowest BCUT2D eigenvalue weighted by atomic mass is 9.77. The number of halogens is 6. The number of hydrogen-bond donors (Lipinski definition) is 0. The molecule has 0 unspecified atom stereocenters. The van der Waals surface area contributed by atoms with E-state index in [4.69, 9.17) is 0 Å². The Kier molecular flexibility index (Phi) is 5.18. The van der Waals surface area contributed by atoms with E-state index in [0.29, 0.717) is 11.1 Å². The van der Waals surface area contributed by atoms with Crippen LogP contribution >= 0.6 is 0 Å². The summed E-state index contributed by atoms with van der Waals surface area (Å²) in [5, 5.41) is 14.2. The Bertz CT molecular complexity index is 2540. The SMILES string of the molecule is FC(F)(F)c1ccc(-c2c3cccc4c5cccc6c(-c7ccc(C(F)(F)F)cc7)c7cccc8c9cccc2c9c(c34)c(c65)c78)cc1. The van der Waals surface area contributed by atoms with Crippen LogP contribution in [-0.2, 0) is 12.4 Å². The largest absolute Gasteiger partial charge is 0.416 e. The lowest BCUT2D eigenvalue weighted by Gasteiger charge is -2.26. The maximum absolute atomic E-state index is 13.6. The van der Waals surface area contributed by atoms with Crippen LogP contribution in [0.3, 0.4) is 0 Å². The van der Waals surface area contributed by atoms with Crippen molar-refractivity contribution in [3.05, 3.63) is 132 Å². The van der Waals surface area contributed by atoms with Crippen molar-refractivity contribution in [2.75, 3.05) is 0 Å². The van der Waals surface area contributed by atoms with Crippen LogP contribution in [0.25, 0.3) is 97.7 Å². The number of rotatable bonds is 2. The smallest absolute Gasteiger partial charge is 0.166 e. The number of alkyl halides is 6. The zero-order valence-electron chi connectivity index (χ0n) is 24.8. The molecule has 0 nitrogen and oxygen atoms in total. The fourth-order valence-electron chi connectivity index (χ4n) is 8.33. The molecule has 0 fully saturated rings. The van der Waals surface area contributed by atoms with E-state index in [0.717, 1.165) is 111 Å². The predicted molar refractivity (Wildman–Crippen MR) is 183 cm³/mol. The molecule has 0 spiro atoms. The zero-order chi connectivity index (χ0) is 32.7. The average Bonchev–Trinajstić information content (AvgIpc) is 3.08. The third kappa shape index (κ3) is 3.47. The maximum atomic E-state index is 13.6. The molecule has 0 heterocycles. The third-order valence-corrected chi connectivity index (χ3v) is 10.2. The molecule has 48 heavy (non-hydrogen) atoms. The van der Waals surface area contributed by atoms with Crippen molar-refractivity contribution in [1.82, 2.24) is 0 Å². The molecule has 10 aromatic rings. The molecule has 0 saturated carbocycles. The highest BCUT2D eigenvalue weighted by atomic mass is 19.4. The lowest BCUT2D eigenvalue weighted by Crippen LogP contribution is -2.04. The second-order valence-corrected chi connectivity index (χ2v) is 12.6. The van der Waals surface area contributed by atoms with Crippen LogP contribution in [0.1, 0.15) is 11.1 Å². The second kappa shape index (κ2) is 9.04. The van der Waals surface area contributed by atoms with Gasteiger partial charge in [-0.15, -0.1) is 0 Å². The van der Waals surface area contributed by atoms with Gasteiger partial charge in [0.15, 0.2) is 0 Å². The number of benzene rings is 10. The van der Waals surface area contributed by atoms with Crippen molar-refractivity contribution in [1.29, 1.82) is 0 Å². The van der Waals surface area contributed by atoms with Gasteiger partial charge in [-0.25, -0.2) is 0 Å². The molecule has 0 aliphatic rings. The zero-order valence-corrected chi connectivity index (χ0v) is 24.8. The third-order valence-electron chi connectivity index (χ3n) is 10.2. The Morgan fingerprint density at radius 2 is 0.521 bits per heavy atom. The van der Waals surface area contributed by atoms with Gasteiger partial charge in [-0.05, 0) is 122 Å². The summed E-state index contributed by atoms with van der Waals surface area (Å²) in [6, 6.07) is 35.3. The van der Waals surface area contributed by atoms with Crippen molar-refractivity contribution in [3.63, 3.8) is 0 Å². The van der Waals surface area contributed by atoms with Crippen molar-refractivity contribution in [2.24, 2.45) is 0 Å². The molecule has 0 saturated heterocycles. The van der Waals surface area contributed by atoms with E-state index >= 15 is 0 Å². The van der Waals surface area contributed by atoms with Crippen molar-refractivity contribution >= 4 is 75.4 Å². The fraction of sp³-hybridized carbons (Fsp3) is 0.0476. The Labute approximate surface area is 268 Å². The first-order valence-corrected chi connectivity index (χ1v) is 15.5. The van der Waals surface area contributed by atoms with E-state index in [1.807, 2.05) is 48.5 Å². The molecule has 230 valence electrons. The van der Waals surface area contributed by atoms with Gasteiger partial charge in [-0.1, -0.05) is 97.1 Å². The summed E-state index contributed by atoms with van der Waals surface area (Å²) in [5.74, 6) is 0. The van der Waals surface area contributed by atoms with Crippen LogP contribution in [0, 0.1) is 0 Å². The van der Waals surface area contributed by atoms with E-state index in [1.54, 1.807) is 24.3 Å². The van der Waals surface area contributed by atoms with Gasteiger partial charge in [0, 0.05) is 0 Å². The highest BCUT2D eigenvalue weighted by Gasteiger charge is 2.32. The maximum Gasteiger partial charge on any atom is 0.416 e. The van der Waals surface area contributed by atoms with Crippen LogP contribution in [0.4, 0.5) is 26.3 Å². The van der Waals surface area contributed by atoms with Crippen LogP contribution in [0.5, 0.6) is 0 Å². The Balaban J connectivity index is 1.43. The van der Waals surface area contributed by atoms with Gasteiger partial charge in [0.1, 0.15) is 0 Å². The molecule has 10 rings (SSSR count). The predicted octanol–water partition coefficient (Wildman–Crippen LogP) is 13.4. The van der Waals surface area contributed by atoms with E-state index in [-0.39, 0.29) is 0 Å². The van der Waals surface area contributed by atoms with Gasteiger partial charge in [-0.3, -0.25) is 0 Å². The summed E-state index contributed by atoms with van der Waals surface area (Å²) >= 11 is 0. The van der Waals surface area contributed by atoms with Gasteiger partial charge in [0.05, 0.1) is 11.1 Å². The number of hydrogen-bond acceptors (Lipinski definition) is 0. The highest BCUT2D eigenvalue weighted by molar-refractivity contribution is 6.51. The number of fused-ring (bicyclic) bond motifs is 2. The first-order valence-electron chi connectivity index (χ1n) is 15.5. The summed E-state index contributed by atoms with van der Waals surface area (Å²) in [5.41, 5.74) is 1.79. The van der Waals surface area contributed by atoms with E-state index < -0.39 is 23.5 Å². The lowest BCUT2D eigenvalue weighted by molar-refractivity contribution is -0.138. The minimum absolute atomic E-state index is 0.694. The van der Waals surface area contributed by atoms with E-state index in [9.17, 15) is 26.3 Å². The van der Waals surface area contributed by atoms with Gasteiger partial charge in [-0.2, -0.15) is 26.3 Å². The van der Waals surface area contributed by atoms with E-state index in [1.165, 1.54) is 0 Å². The first-order chi connectivity index (χ1) is 23.1. The van der Waals surface area contributed by atoms with Crippen molar-refractivity contribution in [2.45, 2.75) is 12.4 Å². The minimum atomic E-state index is -4.44. The van der Waals surface area contributed by atoms with Gasteiger partial charge in [0.2, 0.25) is 0 Å². The molecule has 0 bridgehead atoms. The molecule has 0 aliphatic heterocycles. The molecule has 6 heteroatoms. The summed E-state index contributed by atoms with van der Waals surface area (Å²) < 4.78 is 81.4. The summed E-state index contributed by atoms with van der Waals surface area (Å²) in [6.07, 6.45) is -8.88. The Morgan fingerprint density at radius 3 is 0.771 bits per heavy atom. The molecule has 0 amide bonds. The van der Waals surface area contributed by atoms with Crippen LogP contribution in [0.15, 0.2) is 121 Å². The molecule has 0 atom stereocenters. The molecular weight excluding hydrogens is 618 g/mol. The summed E-state index contributed by atoms with van der Waals surface area (Å²) in [6.45, 7) is 0. The van der Waals surface area contributed by atoms with Crippen LogP contribution < -0.4 is 0 Å². The fourth-order valence-corrected chi connectivity index (χ4v) is 8.33. The molecule has 0 aliphatic carbocycles. The monoisotopic (exact) mass is 638 g/mol. The molecular formula is C42H20F6. The molecule has 0 radical (unpaired) electrons. The Morgan fingerprint density at radius 1 is 0.271 bits per heavy atom. The van der Waals surface area contributed by atoms with Crippen LogP contribution in [-0.4, -0.2) is 0 Å². The van der Waals surface area contributed by atoms with Crippen molar-refractivity contribution in [3.8, 4) is 22.3 Å². The first kappa shape index (κ1) is 27.5.